The van der Waals surface area contributed by atoms with Crippen molar-refractivity contribution in [2.75, 3.05) is 13.1 Å². The molecule has 0 atom stereocenters. The van der Waals surface area contributed by atoms with E-state index in [1.807, 2.05) is 0 Å². The van der Waals surface area contributed by atoms with Gasteiger partial charge in [0.15, 0.2) is 0 Å². The normalized spacial score (nSPS) is 10.9. The number of rotatable bonds is 6. The summed E-state index contributed by atoms with van der Waals surface area (Å²) in [5.41, 5.74) is 1.48. The van der Waals surface area contributed by atoms with Gasteiger partial charge < -0.3 is 4.90 Å². The molecule has 80 valence electrons. The van der Waals surface area contributed by atoms with Crippen LogP contribution in [-0.2, 0) is 0 Å². The molecule has 0 saturated heterocycles. The van der Waals surface area contributed by atoms with Crippen LogP contribution in [0.1, 0.15) is 47.0 Å². The molecule has 0 rings (SSSR count). The van der Waals surface area contributed by atoms with Crippen LogP contribution in [0.4, 0.5) is 0 Å². The molecule has 1 nitrogen and oxygen atoms in total. The molecule has 0 aliphatic carbocycles. The van der Waals surface area contributed by atoms with E-state index in [0.717, 1.165) is 0 Å². The zero-order valence-corrected chi connectivity index (χ0v) is 10.3. The summed E-state index contributed by atoms with van der Waals surface area (Å²) in [5, 5.41) is 0. The van der Waals surface area contributed by atoms with Crippen LogP contribution >= 0.6 is 12.4 Å². The van der Waals surface area contributed by atoms with E-state index in [0.29, 0.717) is 0 Å². The molecule has 0 amide bonds. The van der Waals surface area contributed by atoms with Crippen molar-refractivity contribution < 1.29 is 0 Å². The van der Waals surface area contributed by atoms with Gasteiger partial charge in [-0.25, -0.2) is 0 Å². The minimum atomic E-state index is 0. The summed E-state index contributed by atoms with van der Waals surface area (Å²) in [4.78, 5) is 2.43. The molecular formula is C11H24ClN. The lowest BCUT2D eigenvalue weighted by Gasteiger charge is -2.19. The summed E-state index contributed by atoms with van der Waals surface area (Å²) < 4.78 is 0. The highest BCUT2D eigenvalue weighted by Crippen LogP contribution is 2.03. The van der Waals surface area contributed by atoms with Crippen LogP contribution in [0.15, 0.2) is 11.8 Å². The molecule has 0 aliphatic heterocycles. The molecule has 0 fully saturated rings. The summed E-state index contributed by atoms with van der Waals surface area (Å²) in [6, 6.07) is 0. The van der Waals surface area contributed by atoms with Gasteiger partial charge in [-0.15, -0.1) is 12.4 Å². The van der Waals surface area contributed by atoms with Crippen molar-refractivity contribution in [1.29, 1.82) is 0 Å². The molecule has 0 radical (unpaired) electrons. The fourth-order valence-electron chi connectivity index (χ4n) is 1.22. The standard InChI is InChI=1S/C11H23N.ClH/c1-5-8-12(9-6-2)10-11(4)7-3;/h10H,5-9H2,1-4H3;1H/b11-10+;. The quantitative estimate of drug-likeness (QED) is 0.637. The summed E-state index contributed by atoms with van der Waals surface area (Å²) >= 11 is 0. The Kier molecular flexibility index (Phi) is 11.7. The first-order chi connectivity index (χ1) is 5.74. The van der Waals surface area contributed by atoms with E-state index in [1.165, 1.54) is 37.9 Å². The smallest absolute Gasteiger partial charge is 0.0169 e. The Hall–Kier alpha value is -0.170. The van der Waals surface area contributed by atoms with E-state index in [1.54, 1.807) is 0 Å². The van der Waals surface area contributed by atoms with E-state index in [9.17, 15) is 0 Å². The molecule has 0 aliphatic rings. The van der Waals surface area contributed by atoms with Crippen LogP contribution in [0.3, 0.4) is 0 Å². The minimum Gasteiger partial charge on any atom is -0.377 e. The van der Waals surface area contributed by atoms with E-state index in [4.69, 9.17) is 0 Å². The third-order valence-corrected chi connectivity index (χ3v) is 1.98. The largest absolute Gasteiger partial charge is 0.377 e. The summed E-state index contributed by atoms with van der Waals surface area (Å²) in [6.45, 7) is 11.3. The van der Waals surface area contributed by atoms with Crippen LogP contribution in [0.25, 0.3) is 0 Å². The van der Waals surface area contributed by atoms with Gasteiger partial charge >= 0.3 is 0 Å². The minimum absolute atomic E-state index is 0. The fraction of sp³-hybridized carbons (Fsp3) is 0.818. The Labute approximate surface area is 89.6 Å². The lowest BCUT2D eigenvalue weighted by molar-refractivity contribution is 0.372. The second-order valence-corrected chi connectivity index (χ2v) is 3.36. The number of halogens is 1. The first-order valence-corrected chi connectivity index (χ1v) is 5.15. The number of hydrogen-bond donors (Lipinski definition) is 0. The Morgan fingerprint density at radius 1 is 1.08 bits per heavy atom. The van der Waals surface area contributed by atoms with Gasteiger partial charge in [-0.2, -0.15) is 0 Å². The summed E-state index contributed by atoms with van der Waals surface area (Å²) in [7, 11) is 0. The zero-order valence-electron chi connectivity index (χ0n) is 9.47. The zero-order chi connectivity index (χ0) is 9.40. The lowest BCUT2D eigenvalue weighted by atomic mass is 10.2. The average molecular weight is 206 g/mol. The molecular weight excluding hydrogens is 182 g/mol. The Bertz CT molecular complexity index is 126. The molecule has 0 saturated carbocycles. The van der Waals surface area contributed by atoms with Gasteiger partial charge in [-0.1, -0.05) is 26.3 Å². The predicted molar refractivity (Wildman–Crippen MR) is 63.5 cm³/mol. The van der Waals surface area contributed by atoms with Crippen molar-refractivity contribution in [2.45, 2.75) is 47.0 Å². The van der Waals surface area contributed by atoms with Crippen molar-refractivity contribution >= 4 is 12.4 Å². The maximum absolute atomic E-state index is 2.43. The SMILES string of the molecule is CCCN(/C=C(\C)CC)CCC.Cl. The average Bonchev–Trinajstić information content (AvgIpc) is 2.05. The van der Waals surface area contributed by atoms with Gasteiger partial charge in [-0.3, -0.25) is 0 Å². The third kappa shape index (κ3) is 8.17. The highest BCUT2D eigenvalue weighted by atomic mass is 35.5. The van der Waals surface area contributed by atoms with Crippen molar-refractivity contribution in [3.05, 3.63) is 11.8 Å². The van der Waals surface area contributed by atoms with Gasteiger partial charge in [0.1, 0.15) is 0 Å². The third-order valence-electron chi connectivity index (χ3n) is 1.98. The topological polar surface area (TPSA) is 3.24 Å². The molecule has 0 aromatic rings. The van der Waals surface area contributed by atoms with E-state index < -0.39 is 0 Å². The Balaban J connectivity index is 0. The van der Waals surface area contributed by atoms with E-state index >= 15 is 0 Å². The molecule has 0 spiro atoms. The van der Waals surface area contributed by atoms with Gasteiger partial charge in [0.25, 0.3) is 0 Å². The van der Waals surface area contributed by atoms with Gasteiger partial charge in [0.2, 0.25) is 0 Å². The molecule has 0 heterocycles. The van der Waals surface area contributed by atoms with Crippen molar-refractivity contribution in [2.24, 2.45) is 0 Å². The van der Waals surface area contributed by atoms with Crippen LogP contribution in [0.2, 0.25) is 0 Å². The molecule has 2 heteroatoms. The van der Waals surface area contributed by atoms with Gasteiger partial charge in [0.05, 0.1) is 0 Å². The summed E-state index contributed by atoms with van der Waals surface area (Å²) in [6.07, 6.45) is 5.97. The fourth-order valence-corrected chi connectivity index (χ4v) is 1.22. The van der Waals surface area contributed by atoms with Crippen molar-refractivity contribution in [1.82, 2.24) is 4.90 Å². The molecule has 0 N–H and O–H groups in total. The monoisotopic (exact) mass is 205 g/mol. The van der Waals surface area contributed by atoms with Crippen molar-refractivity contribution in [3.63, 3.8) is 0 Å². The summed E-state index contributed by atoms with van der Waals surface area (Å²) in [5.74, 6) is 0. The second kappa shape index (κ2) is 9.91. The van der Waals surface area contributed by atoms with Gasteiger partial charge in [-0.05, 0) is 32.4 Å². The van der Waals surface area contributed by atoms with Crippen LogP contribution < -0.4 is 0 Å². The highest BCUT2D eigenvalue weighted by molar-refractivity contribution is 5.85. The van der Waals surface area contributed by atoms with E-state index in [2.05, 4.69) is 38.8 Å². The van der Waals surface area contributed by atoms with Crippen LogP contribution in [0, 0.1) is 0 Å². The van der Waals surface area contributed by atoms with E-state index in [-0.39, 0.29) is 12.4 Å². The number of allylic oxidation sites excluding steroid dienone is 1. The first-order valence-electron chi connectivity index (χ1n) is 5.15. The number of nitrogens with zero attached hydrogens (tertiary/aromatic N) is 1. The Morgan fingerprint density at radius 3 is 1.85 bits per heavy atom. The number of hydrogen-bond acceptors (Lipinski definition) is 1. The van der Waals surface area contributed by atoms with Gasteiger partial charge in [0, 0.05) is 13.1 Å². The van der Waals surface area contributed by atoms with Crippen LogP contribution in [-0.4, -0.2) is 18.0 Å². The predicted octanol–water partition coefficient (Wildman–Crippen LogP) is 3.84. The maximum Gasteiger partial charge on any atom is 0.0169 e. The molecule has 0 bridgehead atoms. The lowest BCUT2D eigenvalue weighted by Crippen LogP contribution is -2.19. The first kappa shape index (κ1) is 15.3. The highest BCUT2D eigenvalue weighted by Gasteiger charge is 1.96. The molecule has 0 unspecified atom stereocenters. The Morgan fingerprint density at radius 2 is 1.54 bits per heavy atom. The molecule has 13 heavy (non-hydrogen) atoms. The van der Waals surface area contributed by atoms with Crippen molar-refractivity contribution in [3.8, 4) is 0 Å². The second-order valence-electron chi connectivity index (χ2n) is 3.36. The molecule has 0 aromatic carbocycles. The maximum atomic E-state index is 2.43. The van der Waals surface area contributed by atoms with Crippen LogP contribution in [0.5, 0.6) is 0 Å². The molecule has 0 aromatic heterocycles.